The minimum absolute atomic E-state index is 0.0530. The topological polar surface area (TPSA) is 84.3 Å². The van der Waals surface area contributed by atoms with Crippen molar-refractivity contribution in [2.45, 2.75) is 37.6 Å². The van der Waals surface area contributed by atoms with Gasteiger partial charge in [0.05, 0.1) is 5.56 Å². The van der Waals surface area contributed by atoms with E-state index in [1.165, 1.54) is 21.3 Å². The molecule has 1 aliphatic heterocycles. The average molecular weight is 394 g/mol. The molecule has 2 aromatic rings. The molecule has 0 atom stereocenters. The number of benzene rings is 1. The summed E-state index contributed by atoms with van der Waals surface area (Å²) >= 11 is 0. The number of anilines is 1. The van der Waals surface area contributed by atoms with Crippen LogP contribution >= 0.6 is 0 Å². The highest BCUT2D eigenvalue weighted by Crippen LogP contribution is 2.23. The molecular weight excluding hydrogens is 371 g/mol. The standard InChI is InChI=1S/C18H23FN4O3S/c1-13-7-8-14(11-16(13)19)20-17(24)15-12-22(2)21-18(15)27(25,26)23-9-5-3-4-6-10-23/h7-8,11-12H,3-6,9-10H2,1-2H3,(H,20,24). The second-order valence-corrected chi connectivity index (χ2v) is 8.61. The van der Waals surface area contributed by atoms with Crippen LogP contribution in [0.25, 0.3) is 0 Å². The minimum atomic E-state index is -3.88. The van der Waals surface area contributed by atoms with Crippen LogP contribution in [0.2, 0.25) is 0 Å². The number of nitrogens with one attached hydrogen (secondary N) is 1. The van der Waals surface area contributed by atoms with Gasteiger partial charge in [-0.1, -0.05) is 18.9 Å². The van der Waals surface area contributed by atoms with E-state index in [1.807, 2.05) is 0 Å². The molecule has 0 saturated carbocycles. The van der Waals surface area contributed by atoms with Gasteiger partial charge in [-0.2, -0.15) is 9.40 Å². The Hall–Kier alpha value is -2.26. The van der Waals surface area contributed by atoms with Crippen LogP contribution in [-0.2, 0) is 17.1 Å². The number of nitrogens with zero attached hydrogens (tertiary/aromatic N) is 3. The number of carbonyl (C=O) groups is 1. The molecule has 0 radical (unpaired) electrons. The van der Waals surface area contributed by atoms with E-state index < -0.39 is 21.7 Å². The van der Waals surface area contributed by atoms with Gasteiger partial charge in [0.1, 0.15) is 5.82 Å². The molecule has 1 fully saturated rings. The maximum atomic E-state index is 13.7. The number of sulfonamides is 1. The molecule has 0 unspecified atom stereocenters. The summed E-state index contributed by atoms with van der Waals surface area (Å²) in [5.74, 6) is -1.09. The third kappa shape index (κ3) is 4.19. The fourth-order valence-corrected chi connectivity index (χ4v) is 4.73. The van der Waals surface area contributed by atoms with Crippen molar-refractivity contribution < 1.29 is 17.6 Å². The Balaban J connectivity index is 1.90. The summed E-state index contributed by atoms with van der Waals surface area (Å²) in [5.41, 5.74) is 0.659. The number of amides is 1. The highest BCUT2D eigenvalue weighted by atomic mass is 32.2. The van der Waals surface area contributed by atoms with E-state index in [9.17, 15) is 17.6 Å². The molecule has 0 bridgehead atoms. The zero-order chi connectivity index (χ0) is 19.6. The highest BCUT2D eigenvalue weighted by molar-refractivity contribution is 7.89. The number of hydrogen-bond acceptors (Lipinski definition) is 4. The minimum Gasteiger partial charge on any atom is -0.322 e. The Kier molecular flexibility index (Phi) is 5.61. The van der Waals surface area contributed by atoms with Crippen LogP contribution in [0.4, 0.5) is 10.1 Å². The second-order valence-electron chi connectivity index (χ2n) is 6.76. The molecule has 27 heavy (non-hydrogen) atoms. The van der Waals surface area contributed by atoms with E-state index in [1.54, 1.807) is 26.1 Å². The van der Waals surface area contributed by atoms with Gasteiger partial charge in [-0.15, -0.1) is 0 Å². The van der Waals surface area contributed by atoms with Crippen molar-refractivity contribution in [2.24, 2.45) is 7.05 Å². The lowest BCUT2D eigenvalue weighted by Gasteiger charge is -2.19. The first-order chi connectivity index (χ1) is 12.8. The fourth-order valence-electron chi connectivity index (χ4n) is 3.09. The number of hydrogen-bond donors (Lipinski definition) is 1. The molecular formula is C18H23FN4O3S. The summed E-state index contributed by atoms with van der Waals surface area (Å²) in [6.45, 7) is 2.46. The van der Waals surface area contributed by atoms with Gasteiger partial charge >= 0.3 is 0 Å². The third-order valence-electron chi connectivity index (χ3n) is 4.62. The summed E-state index contributed by atoms with van der Waals surface area (Å²) in [4.78, 5) is 12.7. The molecule has 1 saturated heterocycles. The van der Waals surface area contributed by atoms with Crippen molar-refractivity contribution in [2.75, 3.05) is 18.4 Å². The predicted molar refractivity (Wildman–Crippen MR) is 99.5 cm³/mol. The molecule has 0 aliphatic carbocycles. The number of carbonyl (C=O) groups excluding carboxylic acids is 1. The smallest absolute Gasteiger partial charge is 0.263 e. The zero-order valence-corrected chi connectivity index (χ0v) is 16.2. The van der Waals surface area contributed by atoms with E-state index >= 15 is 0 Å². The molecule has 1 aromatic heterocycles. The van der Waals surface area contributed by atoms with Crippen LogP contribution in [-0.4, -0.2) is 41.5 Å². The molecule has 9 heteroatoms. The molecule has 1 aliphatic rings. The normalized spacial score (nSPS) is 16.1. The molecule has 1 N–H and O–H groups in total. The van der Waals surface area contributed by atoms with E-state index in [0.717, 1.165) is 25.7 Å². The SMILES string of the molecule is Cc1ccc(NC(=O)c2cn(C)nc2S(=O)(=O)N2CCCCCC2)cc1F. The summed E-state index contributed by atoms with van der Waals surface area (Å²) in [5, 5.41) is 6.32. The van der Waals surface area contributed by atoms with Crippen molar-refractivity contribution in [3.8, 4) is 0 Å². The van der Waals surface area contributed by atoms with E-state index in [4.69, 9.17) is 0 Å². The van der Waals surface area contributed by atoms with Crippen molar-refractivity contribution in [1.82, 2.24) is 14.1 Å². The quantitative estimate of drug-likeness (QED) is 0.864. The number of rotatable bonds is 4. The van der Waals surface area contributed by atoms with Gasteiger partial charge < -0.3 is 5.32 Å². The lowest BCUT2D eigenvalue weighted by Crippen LogP contribution is -2.33. The predicted octanol–water partition coefficient (Wildman–Crippen LogP) is 2.68. The van der Waals surface area contributed by atoms with E-state index in [2.05, 4.69) is 10.4 Å². The Labute approximate surface area is 158 Å². The van der Waals surface area contributed by atoms with Crippen LogP contribution < -0.4 is 5.32 Å². The average Bonchev–Trinajstić information content (AvgIpc) is 2.83. The maximum Gasteiger partial charge on any atom is 0.263 e. The molecule has 0 spiro atoms. The number of halogens is 1. The largest absolute Gasteiger partial charge is 0.322 e. The van der Waals surface area contributed by atoms with Gasteiger partial charge in [-0.05, 0) is 37.5 Å². The maximum absolute atomic E-state index is 13.7. The molecule has 1 aromatic carbocycles. The van der Waals surface area contributed by atoms with E-state index in [0.29, 0.717) is 18.7 Å². The van der Waals surface area contributed by atoms with Gasteiger partial charge in [0, 0.05) is 32.0 Å². The number of aryl methyl sites for hydroxylation is 2. The first-order valence-corrected chi connectivity index (χ1v) is 10.3. The van der Waals surface area contributed by atoms with Crippen LogP contribution in [0.1, 0.15) is 41.6 Å². The Bertz CT molecular complexity index is 948. The van der Waals surface area contributed by atoms with Crippen LogP contribution in [0.3, 0.4) is 0 Å². The van der Waals surface area contributed by atoms with Gasteiger partial charge in [0.2, 0.25) is 5.03 Å². The Morgan fingerprint density at radius 3 is 2.48 bits per heavy atom. The highest BCUT2D eigenvalue weighted by Gasteiger charge is 2.32. The van der Waals surface area contributed by atoms with Crippen molar-refractivity contribution in [3.63, 3.8) is 0 Å². The van der Waals surface area contributed by atoms with E-state index in [-0.39, 0.29) is 16.3 Å². The van der Waals surface area contributed by atoms with Crippen molar-refractivity contribution in [1.29, 1.82) is 0 Å². The molecule has 3 rings (SSSR count). The summed E-state index contributed by atoms with van der Waals surface area (Å²) in [7, 11) is -2.32. The van der Waals surface area contributed by atoms with Crippen molar-refractivity contribution in [3.05, 3.63) is 41.3 Å². The van der Waals surface area contributed by atoms with Crippen LogP contribution in [0.5, 0.6) is 0 Å². The first kappa shape index (κ1) is 19.5. The summed E-state index contributed by atoms with van der Waals surface area (Å²) < 4.78 is 42.5. The fraction of sp³-hybridized carbons (Fsp3) is 0.444. The third-order valence-corrected chi connectivity index (χ3v) is 6.45. The van der Waals surface area contributed by atoms with Gasteiger partial charge in [0.15, 0.2) is 0 Å². The molecule has 7 nitrogen and oxygen atoms in total. The van der Waals surface area contributed by atoms with Crippen molar-refractivity contribution >= 4 is 21.6 Å². The van der Waals surface area contributed by atoms with Gasteiger partial charge in [-0.25, -0.2) is 12.8 Å². The monoisotopic (exact) mass is 394 g/mol. The van der Waals surface area contributed by atoms with Crippen LogP contribution in [0.15, 0.2) is 29.4 Å². The number of aromatic nitrogens is 2. The summed E-state index contributed by atoms with van der Waals surface area (Å²) in [6.07, 6.45) is 4.91. The van der Waals surface area contributed by atoms with Gasteiger partial charge in [0.25, 0.3) is 15.9 Å². The van der Waals surface area contributed by atoms with Gasteiger partial charge in [-0.3, -0.25) is 9.48 Å². The summed E-state index contributed by atoms with van der Waals surface area (Å²) in [6, 6.07) is 4.31. The lowest BCUT2D eigenvalue weighted by molar-refractivity contribution is 0.102. The Morgan fingerprint density at radius 1 is 1.19 bits per heavy atom. The first-order valence-electron chi connectivity index (χ1n) is 8.90. The second kappa shape index (κ2) is 7.77. The van der Waals surface area contributed by atoms with Crippen LogP contribution in [0, 0.1) is 12.7 Å². The molecule has 146 valence electrons. The molecule has 2 heterocycles. The lowest BCUT2D eigenvalue weighted by atomic mass is 10.2. The molecule has 1 amide bonds. The Morgan fingerprint density at radius 2 is 1.85 bits per heavy atom. The zero-order valence-electron chi connectivity index (χ0n) is 15.4.